The molecule has 0 aliphatic carbocycles. The quantitative estimate of drug-likeness (QED) is 0.649. The molecule has 0 atom stereocenters. The van der Waals surface area contributed by atoms with E-state index in [1.807, 2.05) is 18.2 Å². The maximum Gasteiger partial charge on any atom is 0.251 e. The fraction of sp³-hybridized carbons (Fsp3) is 0.222. The molecule has 0 aliphatic rings. The molecule has 0 saturated carbocycles. The first-order valence-corrected chi connectivity index (χ1v) is 5.60. The second kappa shape index (κ2) is 5.49. The van der Waals surface area contributed by atoms with Crippen LogP contribution in [0.5, 0.6) is 0 Å². The molecule has 0 heterocycles. The summed E-state index contributed by atoms with van der Waals surface area (Å²) in [5.41, 5.74) is 0.702. The standard InChI is InChI=1S/C9H10INOS/c10-8-3-1-2-7(6-8)9(12)11-4-5-13/h1-3,6,13H,4-5H2,(H,11,12). The number of hydrogen-bond donors (Lipinski definition) is 2. The fourth-order valence-electron chi connectivity index (χ4n) is 0.901. The van der Waals surface area contributed by atoms with Crippen molar-refractivity contribution < 1.29 is 4.79 Å². The van der Waals surface area contributed by atoms with Crippen molar-refractivity contribution in [2.24, 2.45) is 0 Å². The minimum absolute atomic E-state index is 0.0347. The highest BCUT2D eigenvalue weighted by molar-refractivity contribution is 14.1. The molecule has 1 aromatic rings. The second-order valence-corrected chi connectivity index (χ2v) is 4.18. The Balaban J connectivity index is 2.66. The summed E-state index contributed by atoms with van der Waals surface area (Å²) in [6.45, 7) is 0.605. The molecule has 2 nitrogen and oxygen atoms in total. The van der Waals surface area contributed by atoms with Gasteiger partial charge in [-0.05, 0) is 40.8 Å². The molecule has 1 aromatic carbocycles. The lowest BCUT2D eigenvalue weighted by Gasteiger charge is -2.02. The molecule has 70 valence electrons. The first kappa shape index (κ1) is 10.8. The number of carbonyl (C=O) groups is 1. The molecule has 4 heteroatoms. The van der Waals surface area contributed by atoms with Crippen LogP contribution in [-0.2, 0) is 0 Å². The van der Waals surface area contributed by atoms with E-state index in [-0.39, 0.29) is 5.91 Å². The SMILES string of the molecule is O=C(NCCS)c1cccc(I)c1. The fourth-order valence-corrected chi connectivity index (χ4v) is 1.56. The van der Waals surface area contributed by atoms with E-state index in [4.69, 9.17) is 0 Å². The average molecular weight is 307 g/mol. The lowest BCUT2D eigenvalue weighted by atomic mass is 10.2. The summed E-state index contributed by atoms with van der Waals surface area (Å²) in [7, 11) is 0. The maximum absolute atomic E-state index is 11.4. The highest BCUT2D eigenvalue weighted by atomic mass is 127. The molecule has 0 unspecified atom stereocenters. The van der Waals surface area contributed by atoms with Gasteiger partial charge in [-0.25, -0.2) is 0 Å². The van der Waals surface area contributed by atoms with Gasteiger partial charge in [-0.15, -0.1) is 0 Å². The van der Waals surface area contributed by atoms with Crippen LogP contribution in [0.2, 0.25) is 0 Å². The van der Waals surface area contributed by atoms with Crippen LogP contribution < -0.4 is 5.32 Å². The molecule has 0 fully saturated rings. The van der Waals surface area contributed by atoms with Crippen molar-refractivity contribution in [2.75, 3.05) is 12.3 Å². The Morgan fingerprint density at radius 2 is 2.31 bits per heavy atom. The molecule has 1 rings (SSSR count). The Morgan fingerprint density at radius 3 is 2.92 bits per heavy atom. The number of thiol groups is 1. The molecule has 1 amide bonds. The average Bonchev–Trinajstić information content (AvgIpc) is 2.14. The maximum atomic E-state index is 11.4. The van der Waals surface area contributed by atoms with Crippen molar-refractivity contribution in [2.45, 2.75) is 0 Å². The Morgan fingerprint density at radius 1 is 1.54 bits per heavy atom. The Kier molecular flexibility index (Phi) is 4.58. The van der Waals surface area contributed by atoms with Crippen molar-refractivity contribution >= 4 is 41.1 Å². The van der Waals surface area contributed by atoms with Crippen LogP contribution in [0.3, 0.4) is 0 Å². The van der Waals surface area contributed by atoms with Gasteiger partial charge in [-0.2, -0.15) is 12.6 Å². The second-order valence-electron chi connectivity index (χ2n) is 2.49. The van der Waals surface area contributed by atoms with Gasteiger partial charge >= 0.3 is 0 Å². The van der Waals surface area contributed by atoms with Crippen LogP contribution in [0.1, 0.15) is 10.4 Å². The largest absolute Gasteiger partial charge is 0.351 e. The van der Waals surface area contributed by atoms with Crippen molar-refractivity contribution in [3.05, 3.63) is 33.4 Å². The van der Waals surface area contributed by atoms with Gasteiger partial charge in [0.25, 0.3) is 5.91 Å². The van der Waals surface area contributed by atoms with E-state index in [0.717, 1.165) is 3.57 Å². The van der Waals surface area contributed by atoms with E-state index in [0.29, 0.717) is 17.9 Å². The summed E-state index contributed by atoms with van der Waals surface area (Å²) in [4.78, 5) is 11.4. The molecular weight excluding hydrogens is 297 g/mol. The number of benzene rings is 1. The van der Waals surface area contributed by atoms with Gasteiger partial charge in [0.2, 0.25) is 0 Å². The van der Waals surface area contributed by atoms with Gasteiger partial charge in [0.05, 0.1) is 0 Å². The Hall–Kier alpha value is -0.230. The zero-order valence-corrected chi connectivity index (χ0v) is 10.0. The van der Waals surface area contributed by atoms with Crippen LogP contribution in [0.15, 0.2) is 24.3 Å². The first-order valence-electron chi connectivity index (χ1n) is 3.88. The highest BCUT2D eigenvalue weighted by Crippen LogP contribution is 2.07. The molecular formula is C9H10INOS. The van der Waals surface area contributed by atoms with E-state index in [9.17, 15) is 4.79 Å². The van der Waals surface area contributed by atoms with Crippen LogP contribution in [-0.4, -0.2) is 18.2 Å². The van der Waals surface area contributed by atoms with E-state index >= 15 is 0 Å². The molecule has 0 radical (unpaired) electrons. The molecule has 0 saturated heterocycles. The summed E-state index contributed by atoms with van der Waals surface area (Å²) >= 11 is 6.19. The third kappa shape index (κ3) is 3.56. The molecule has 0 aliphatic heterocycles. The Bertz CT molecular complexity index is 303. The minimum Gasteiger partial charge on any atom is -0.351 e. The van der Waals surface area contributed by atoms with Crippen LogP contribution in [0.4, 0.5) is 0 Å². The van der Waals surface area contributed by atoms with Crippen molar-refractivity contribution in [1.82, 2.24) is 5.32 Å². The van der Waals surface area contributed by atoms with Gasteiger partial charge < -0.3 is 5.32 Å². The molecule has 0 spiro atoms. The lowest BCUT2D eigenvalue weighted by Crippen LogP contribution is -2.25. The summed E-state index contributed by atoms with van der Waals surface area (Å²) < 4.78 is 1.07. The van der Waals surface area contributed by atoms with Crippen LogP contribution in [0.25, 0.3) is 0 Å². The van der Waals surface area contributed by atoms with Gasteiger partial charge in [0.1, 0.15) is 0 Å². The minimum atomic E-state index is -0.0347. The number of nitrogens with one attached hydrogen (secondary N) is 1. The molecule has 0 aromatic heterocycles. The molecule has 1 N–H and O–H groups in total. The van der Waals surface area contributed by atoms with E-state index < -0.39 is 0 Å². The first-order chi connectivity index (χ1) is 6.24. The van der Waals surface area contributed by atoms with Gasteiger partial charge in [-0.1, -0.05) is 6.07 Å². The normalized spacial score (nSPS) is 9.69. The predicted molar refractivity (Wildman–Crippen MR) is 65.3 cm³/mol. The predicted octanol–water partition coefficient (Wildman–Crippen LogP) is 1.95. The van der Waals surface area contributed by atoms with E-state index in [2.05, 4.69) is 40.5 Å². The van der Waals surface area contributed by atoms with Crippen molar-refractivity contribution in [3.63, 3.8) is 0 Å². The van der Waals surface area contributed by atoms with Crippen LogP contribution in [0, 0.1) is 3.57 Å². The summed E-state index contributed by atoms with van der Waals surface area (Å²) in [6.07, 6.45) is 0. The van der Waals surface area contributed by atoms with Gasteiger partial charge in [-0.3, -0.25) is 4.79 Å². The lowest BCUT2D eigenvalue weighted by molar-refractivity contribution is 0.0956. The smallest absolute Gasteiger partial charge is 0.251 e. The van der Waals surface area contributed by atoms with E-state index in [1.165, 1.54) is 0 Å². The molecule has 13 heavy (non-hydrogen) atoms. The van der Waals surface area contributed by atoms with Gasteiger partial charge in [0, 0.05) is 21.4 Å². The topological polar surface area (TPSA) is 29.1 Å². The number of hydrogen-bond acceptors (Lipinski definition) is 2. The van der Waals surface area contributed by atoms with Crippen molar-refractivity contribution in [1.29, 1.82) is 0 Å². The molecule has 0 bridgehead atoms. The third-order valence-electron chi connectivity index (χ3n) is 1.48. The van der Waals surface area contributed by atoms with Gasteiger partial charge in [0.15, 0.2) is 0 Å². The number of carbonyl (C=O) groups excluding carboxylic acids is 1. The van der Waals surface area contributed by atoms with Crippen LogP contribution >= 0.6 is 35.2 Å². The van der Waals surface area contributed by atoms with E-state index in [1.54, 1.807) is 6.07 Å². The zero-order valence-electron chi connectivity index (χ0n) is 6.96. The summed E-state index contributed by atoms with van der Waals surface area (Å²) in [5, 5.41) is 2.76. The number of halogens is 1. The third-order valence-corrected chi connectivity index (χ3v) is 2.38. The summed E-state index contributed by atoms with van der Waals surface area (Å²) in [5.74, 6) is 0.628. The number of amides is 1. The summed E-state index contributed by atoms with van der Waals surface area (Å²) in [6, 6.07) is 7.48. The monoisotopic (exact) mass is 307 g/mol. The Labute approximate surface area is 96.7 Å². The number of rotatable bonds is 3. The van der Waals surface area contributed by atoms with Crippen molar-refractivity contribution in [3.8, 4) is 0 Å². The highest BCUT2D eigenvalue weighted by Gasteiger charge is 2.03. The zero-order chi connectivity index (χ0) is 9.68.